The van der Waals surface area contributed by atoms with Crippen molar-refractivity contribution in [2.45, 2.75) is 0 Å². The summed E-state index contributed by atoms with van der Waals surface area (Å²) < 4.78 is 0. The van der Waals surface area contributed by atoms with E-state index >= 15 is 0 Å². The molecule has 2 rings (SSSR count). The second kappa shape index (κ2) is 3.45. The molecule has 6 N–H and O–H groups in total. The fraction of sp³-hybridized carbons (Fsp3) is 0. The minimum atomic E-state index is 0.232. The van der Waals surface area contributed by atoms with Crippen molar-refractivity contribution in [3.63, 3.8) is 0 Å². The second-order valence-electron chi connectivity index (χ2n) is 3.11. The van der Waals surface area contributed by atoms with Gasteiger partial charge in [0.15, 0.2) is 0 Å². The lowest BCUT2D eigenvalue weighted by Gasteiger charge is -2.06. The summed E-state index contributed by atoms with van der Waals surface area (Å²) in [5.41, 5.74) is 19.0. The molecule has 0 aliphatic heterocycles. The first-order chi connectivity index (χ1) is 7.18. The van der Waals surface area contributed by atoms with Gasteiger partial charge in [0.05, 0.1) is 22.8 Å². The molecule has 0 aromatic carbocycles. The monoisotopic (exact) mass is 201 g/mol. The van der Waals surface area contributed by atoms with Crippen molar-refractivity contribution in [2.24, 2.45) is 0 Å². The Kier molecular flexibility index (Phi) is 2.13. The van der Waals surface area contributed by atoms with Crippen LogP contribution < -0.4 is 17.2 Å². The molecule has 0 saturated heterocycles. The summed E-state index contributed by atoms with van der Waals surface area (Å²) in [5.74, 6) is 0.232. The Bertz CT molecular complexity index is 457. The van der Waals surface area contributed by atoms with Crippen molar-refractivity contribution >= 4 is 17.2 Å². The van der Waals surface area contributed by atoms with Crippen LogP contribution in [0.3, 0.4) is 0 Å². The number of nitrogens with zero attached hydrogens (tertiary/aromatic N) is 2. The Hall–Kier alpha value is -2.30. The number of rotatable bonds is 1. The van der Waals surface area contributed by atoms with Gasteiger partial charge in [-0.05, 0) is 18.2 Å². The van der Waals surface area contributed by atoms with Gasteiger partial charge in [0.25, 0.3) is 0 Å². The highest BCUT2D eigenvalue weighted by atomic mass is 14.9. The molecule has 2 heterocycles. The van der Waals surface area contributed by atoms with E-state index in [2.05, 4.69) is 9.97 Å². The number of pyridine rings is 2. The predicted octanol–water partition coefficient (Wildman–Crippen LogP) is 0.890. The van der Waals surface area contributed by atoms with Crippen LogP contribution in [0.1, 0.15) is 0 Å². The van der Waals surface area contributed by atoms with Crippen LogP contribution in [-0.2, 0) is 0 Å². The van der Waals surface area contributed by atoms with Gasteiger partial charge in [-0.25, -0.2) is 4.98 Å². The third kappa shape index (κ3) is 1.67. The zero-order valence-electron chi connectivity index (χ0n) is 8.01. The van der Waals surface area contributed by atoms with Gasteiger partial charge in [-0.2, -0.15) is 0 Å². The average Bonchev–Trinajstić information content (AvgIpc) is 2.26. The normalized spacial score (nSPS) is 10.1. The van der Waals surface area contributed by atoms with Crippen LogP contribution in [0.2, 0.25) is 0 Å². The average molecular weight is 201 g/mol. The molecule has 2 aromatic heterocycles. The standard InChI is InChI=1S/C10H11N5/c11-6-5-8(15-10(13)9(6)12)7-3-1-2-4-14-7/h1-5H,12H2,(H4,11,13,15). The Labute approximate surface area is 86.9 Å². The van der Waals surface area contributed by atoms with Gasteiger partial charge in [0, 0.05) is 6.20 Å². The fourth-order valence-corrected chi connectivity index (χ4v) is 1.24. The van der Waals surface area contributed by atoms with Crippen LogP contribution >= 0.6 is 0 Å². The molecule has 0 fully saturated rings. The quantitative estimate of drug-likeness (QED) is 0.635. The van der Waals surface area contributed by atoms with E-state index in [0.717, 1.165) is 5.69 Å². The lowest BCUT2D eigenvalue weighted by atomic mass is 10.2. The maximum absolute atomic E-state index is 5.69. The number of hydrogen-bond acceptors (Lipinski definition) is 5. The van der Waals surface area contributed by atoms with Crippen molar-refractivity contribution in [1.29, 1.82) is 0 Å². The third-order valence-electron chi connectivity index (χ3n) is 2.05. The van der Waals surface area contributed by atoms with Crippen molar-refractivity contribution in [2.75, 3.05) is 17.2 Å². The van der Waals surface area contributed by atoms with Gasteiger partial charge in [0.2, 0.25) is 0 Å². The summed E-state index contributed by atoms with van der Waals surface area (Å²) in [7, 11) is 0. The van der Waals surface area contributed by atoms with Crippen LogP contribution in [0.15, 0.2) is 30.5 Å². The SMILES string of the molecule is Nc1cc(-c2ccccn2)nc(N)c1N. The largest absolute Gasteiger partial charge is 0.397 e. The van der Waals surface area contributed by atoms with E-state index in [1.807, 2.05) is 18.2 Å². The van der Waals surface area contributed by atoms with Gasteiger partial charge in [-0.1, -0.05) is 6.07 Å². The number of anilines is 3. The molecule has 0 saturated carbocycles. The smallest absolute Gasteiger partial charge is 0.149 e. The van der Waals surface area contributed by atoms with E-state index in [-0.39, 0.29) is 5.82 Å². The summed E-state index contributed by atoms with van der Waals surface area (Å²) in [4.78, 5) is 8.26. The topological polar surface area (TPSA) is 104 Å². The Balaban J connectivity index is 2.56. The number of aromatic nitrogens is 2. The maximum atomic E-state index is 5.69. The summed E-state index contributed by atoms with van der Waals surface area (Å²) in [6.07, 6.45) is 1.68. The van der Waals surface area contributed by atoms with Crippen LogP contribution in [0, 0.1) is 0 Å². The van der Waals surface area contributed by atoms with E-state index < -0.39 is 0 Å². The van der Waals surface area contributed by atoms with E-state index in [1.54, 1.807) is 12.3 Å². The van der Waals surface area contributed by atoms with Crippen molar-refractivity contribution < 1.29 is 0 Å². The third-order valence-corrected chi connectivity index (χ3v) is 2.05. The Morgan fingerprint density at radius 1 is 1.00 bits per heavy atom. The molecule has 0 radical (unpaired) electrons. The summed E-state index contributed by atoms with van der Waals surface area (Å²) in [6, 6.07) is 7.19. The van der Waals surface area contributed by atoms with Gasteiger partial charge in [0.1, 0.15) is 5.82 Å². The number of nitrogen functional groups attached to an aromatic ring is 3. The lowest BCUT2D eigenvalue weighted by molar-refractivity contribution is 1.25. The van der Waals surface area contributed by atoms with Gasteiger partial charge in [-0.15, -0.1) is 0 Å². The molecule has 76 valence electrons. The van der Waals surface area contributed by atoms with Gasteiger partial charge in [-0.3, -0.25) is 4.98 Å². The highest BCUT2D eigenvalue weighted by molar-refractivity contribution is 5.78. The molecule has 0 bridgehead atoms. The fourth-order valence-electron chi connectivity index (χ4n) is 1.24. The Morgan fingerprint density at radius 3 is 2.40 bits per heavy atom. The molecule has 0 spiro atoms. The van der Waals surface area contributed by atoms with Gasteiger partial charge < -0.3 is 17.2 Å². The number of nitrogens with two attached hydrogens (primary N) is 3. The zero-order chi connectivity index (χ0) is 10.8. The maximum Gasteiger partial charge on any atom is 0.149 e. The van der Waals surface area contributed by atoms with Crippen molar-refractivity contribution in [3.05, 3.63) is 30.5 Å². The van der Waals surface area contributed by atoms with E-state index in [9.17, 15) is 0 Å². The van der Waals surface area contributed by atoms with Crippen LogP contribution in [0.4, 0.5) is 17.2 Å². The molecule has 15 heavy (non-hydrogen) atoms. The van der Waals surface area contributed by atoms with Crippen LogP contribution in [0.25, 0.3) is 11.4 Å². The molecule has 5 heteroatoms. The first-order valence-corrected chi connectivity index (χ1v) is 4.41. The summed E-state index contributed by atoms with van der Waals surface area (Å²) >= 11 is 0. The van der Waals surface area contributed by atoms with E-state index in [0.29, 0.717) is 17.1 Å². The molecule has 0 aliphatic carbocycles. The zero-order valence-corrected chi connectivity index (χ0v) is 8.01. The predicted molar refractivity (Wildman–Crippen MR) is 60.7 cm³/mol. The number of hydrogen-bond donors (Lipinski definition) is 3. The highest BCUT2D eigenvalue weighted by Gasteiger charge is 2.06. The molecular weight excluding hydrogens is 190 g/mol. The van der Waals surface area contributed by atoms with Crippen LogP contribution in [-0.4, -0.2) is 9.97 Å². The van der Waals surface area contributed by atoms with E-state index in [1.165, 1.54) is 0 Å². The second-order valence-corrected chi connectivity index (χ2v) is 3.11. The molecular formula is C10H11N5. The van der Waals surface area contributed by atoms with Crippen molar-refractivity contribution in [3.8, 4) is 11.4 Å². The van der Waals surface area contributed by atoms with Gasteiger partial charge >= 0.3 is 0 Å². The van der Waals surface area contributed by atoms with Crippen molar-refractivity contribution in [1.82, 2.24) is 9.97 Å². The minimum Gasteiger partial charge on any atom is -0.397 e. The summed E-state index contributed by atoms with van der Waals surface area (Å²) in [5, 5.41) is 0. The first-order valence-electron chi connectivity index (χ1n) is 4.41. The Morgan fingerprint density at radius 2 is 1.80 bits per heavy atom. The first kappa shape index (κ1) is 9.26. The van der Waals surface area contributed by atoms with E-state index in [4.69, 9.17) is 17.2 Å². The summed E-state index contributed by atoms with van der Waals surface area (Å²) in [6.45, 7) is 0. The molecule has 0 aliphatic rings. The minimum absolute atomic E-state index is 0.232. The molecule has 0 amide bonds. The highest BCUT2D eigenvalue weighted by Crippen LogP contribution is 2.25. The molecule has 2 aromatic rings. The van der Waals surface area contributed by atoms with Crippen LogP contribution in [0.5, 0.6) is 0 Å². The molecule has 0 unspecified atom stereocenters. The molecule has 0 atom stereocenters. The lowest BCUT2D eigenvalue weighted by Crippen LogP contribution is -2.03. The molecule has 5 nitrogen and oxygen atoms in total.